The number of hydrogen-bond acceptors (Lipinski definition) is 4. The van der Waals surface area contributed by atoms with Gasteiger partial charge in [-0.15, -0.1) is 0 Å². The second-order valence-corrected chi connectivity index (χ2v) is 3.73. The first-order valence-electron chi connectivity index (χ1n) is 5.61. The van der Waals surface area contributed by atoms with Crippen molar-refractivity contribution in [1.29, 1.82) is 0 Å². The maximum absolute atomic E-state index is 11.3. The Morgan fingerprint density at radius 3 is 3.00 bits per heavy atom. The van der Waals surface area contributed by atoms with Crippen LogP contribution in [0.4, 0.5) is 0 Å². The van der Waals surface area contributed by atoms with Crippen LogP contribution >= 0.6 is 0 Å². The zero-order valence-corrected chi connectivity index (χ0v) is 9.73. The third kappa shape index (κ3) is 2.85. The molecule has 0 aliphatic carbocycles. The SMILES string of the molecule is CNCCCOc1cc(=O)oc2ccccc12. The lowest BCUT2D eigenvalue weighted by Crippen LogP contribution is -2.12. The summed E-state index contributed by atoms with van der Waals surface area (Å²) in [6, 6.07) is 8.75. The monoisotopic (exact) mass is 233 g/mol. The smallest absolute Gasteiger partial charge is 0.339 e. The minimum Gasteiger partial charge on any atom is -0.492 e. The first kappa shape index (κ1) is 11.7. The quantitative estimate of drug-likeness (QED) is 0.631. The third-order valence-corrected chi connectivity index (χ3v) is 2.44. The molecule has 2 rings (SSSR count). The number of hydrogen-bond donors (Lipinski definition) is 1. The van der Waals surface area contributed by atoms with Crippen LogP contribution in [0.25, 0.3) is 11.0 Å². The van der Waals surface area contributed by atoms with Gasteiger partial charge < -0.3 is 14.5 Å². The summed E-state index contributed by atoms with van der Waals surface area (Å²) in [5.41, 5.74) is 0.177. The third-order valence-electron chi connectivity index (χ3n) is 2.44. The molecule has 1 aromatic carbocycles. The van der Waals surface area contributed by atoms with Gasteiger partial charge in [-0.25, -0.2) is 4.79 Å². The molecule has 17 heavy (non-hydrogen) atoms. The summed E-state index contributed by atoms with van der Waals surface area (Å²) in [5, 5.41) is 3.87. The van der Waals surface area contributed by atoms with E-state index in [-0.39, 0.29) is 5.63 Å². The molecule has 0 fully saturated rings. The summed E-state index contributed by atoms with van der Waals surface area (Å²) in [4.78, 5) is 11.3. The fourth-order valence-electron chi connectivity index (χ4n) is 1.63. The van der Waals surface area contributed by atoms with Crippen molar-refractivity contribution in [1.82, 2.24) is 5.32 Å². The predicted octanol–water partition coefficient (Wildman–Crippen LogP) is 1.78. The van der Waals surface area contributed by atoms with Crippen LogP contribution in [0, 0.1) is 0 Å². The molecule has 0 radical (unpaired) electrons. The first-order chi connectivity index (χ1) is 8.31. The molecule has 1 aromatic heterocycles. The molecule has 90 valence electrons. The maximum atomic E-state index is 11.3. The molecule has 0 saturated carbocycles. The van der Waals surface area contributed by atoms with E-state index in [9.17, 15) is 4.79 Å². The van der Waals surface area contributed by atoms with Gasteiger partial charge in [-0.05, 0) is 32.1 Å². The van der Waals surface area contributed by atoms with Crippen LogP contribution in [0.3, 0.4) is 0 Å². The molecule has 1 heterocycles. The molecule has 4 heteroatoms. The molecule has 0 aliphatic rings. The molecule has 0 aliphatic heterocycles. The Kier molecular flexibility index (Phi) is 3.77. The van der Waals surface area contributed by atoms with Gasteiger partial charge in [0.1, 0.15) is 11.3 Å². The van der Waals surface area contributed by atoms with Crippen LogP contribution in [-0.4, -0.2) is 20.2 Å². The standard InChI is InChI=1S/C13H15NO3/c1-14-7-4-8-16-12-9-13(15)17-11-6-3-2-5-10(11)12/h2-3,5-6,9,14H,4,7-8H2,1H3. The minimum absolute atomic E-state index is 0.382. The minimum atomic E-state index is -0.382. The molecule has 1 N–H and O–H groups in total. The van der Waals surface area contributed by atoms with E-state index in [1.165, 1.54) is 6.07 Å². The van der Waals surface area contributed by atoms with Gasteiger partial charge in [0.05, 0.1) is 18.1 Å². The van der Waals surface area contributed by atoms with Crippen molar-refractivity contribution in [3.63, 3.8) is 0 Å². The normalized spacial score (nSPS) is 10.6. The van der Waals surface area contributed by atoms with Crippen molar-refractivity contribution >= 4 is 11.0 Å². The molecule has 0 saturated heterocycles. The molecular weight excluding hydrogens is 218 g/mol. The summed E-state index contributed by atoms with van der Waals surface area (Å²) in [6.45, 7) is 1.47. The maximum Gasteiger partial charge on any atom is 0.339 e. The summed E-state index contributed by atoms with van der Waals surface area (Å²) in [7, 11) is 1.90. The van der Waals surface area contributed by atoms with Gasteiger partial charge in [-0.3, -0.25) is 0 Å². The van der Waals surface area contributed by atoms with Crippen molar-refractivity contribution in [2.24, 2.45) is 0 Å². The topological polar surface area (TPSA) is 51.5 Å². The molecule has 4 nitrogen and oxygen atoms in total. The van der Waals surface area contributed by atoms with E-state index < -0.39 is 0 Å². The molecule has 0 amide bonds. The molecular formula is C13H15NO3. The van der Waals surface area contributed by atoms with E-state index in [2.05, 4.69) is 5.32 Å². The van der Waals surface area contributed by atoms with Crippen LogP contribution in [0.5, 0.6) is 5.75 Å². The number of fused-ring (bicyclic) bond motifs is 1. The van der Waals surface area contributed by atoms with E-state index >= 15 is 0 Å². The van der Waals surface area contributed by atoms with Crippen LogP contribution in [0.2, 0.25) is 0 Å². The summed E-state index contributed by atoms with van der Waals surface area (Å²) in [6.07, 6.45) is 0.894. The molecule has 0 unspecified atom stereocenters. The Labute approximate surface area is 99.2 Å². The lowest BCUT2D eigenvalue weighted by Gasteiger charge is -2.07. The van der Waals surface area contributed by atoms with Crippen molar-refractivity contribution < 1.29 is 9.15 Å². The predicted molar refractivity (Wildman–Crippen MR) is 66.5 cm³/mol. The number of para-hydroxylation sites is 1. The largest absolute Gasteiger partial charge is 0.492 e. The number of ether oxygens (including phenoxy) is 1. The molecule has 2 aromatic rings. The number of rotatable bonds is 5. The Bertz CT molecular complexity index is 548. The fourth-order valence-corrected chi connectivity index (χ4v) is 1.63. The highest BCUT2D eigenvalue weighted by atomic mass is 16.5. The van der Waals surface area contributed by atoms with Crippen LogP contribution in [0.1, 0.15) is 6.42 Å². The summed E-state index contributed by atoms with van der Waals surface area (Å²) < 4.78 is 10.7. The fraction of sp³-hybridized carbons (Fsp3) is 0.308. The van der Waals surface area contributed by atoms with Gasteiger partial charge in [0, 0.05) is 0 Å². The van der Waals surface area contributed by atoms with Gasteiger partial charge in [-0.2, -0.15) is 0 Å². The van der Waals surface area contributed by atoms with E-state index in [0.717, 1.165) is 18.4 Å². The Hall–Kier alpha value is -1.81. The molecule has 0 bridgehead atoms. The van der Waals surface area contributed by atoms with Crippen molar-refractivity contribution in [2.75, 3.05) is 20.2 Å². The van der Waals surface area contributed by atoms with Crippen molar-refractivity contribution in [3.8, 4) is 5.75 Å². The summed E-state index contributed by atoms with van der Waals surface area (Å²) in [5.74, 6) is 0.591. The molecule has 0 spiro atoms. The van der Waals surface area contributed by atoms with Crippen LogP contribution in [-0.2, 0) is 0 Å². The van der Waals surface area contributed by atoms with Gasteiger partial charge in [0.25, 0.3) is 0 Å². The van der Waals surface area contributed by atoms with E-state index in [4.69, 9.17) is 9.15 Å². The zero-order chi connectivity index (χ0) is 12.1. The Balaban J connectivity index is 2.23. The second kappa shape index (κ2) is 5.50. The highest BCUT2D eigenvalue weighted by Gasteiger charge is 2.05. The van der Waals surface area contributed by atoms with Gasteiger partial charge in [0.15, 0.2) is 0 Å². The van der Waals surface area contributed by atoms with Crippen molar-refractivity contribution in [2.45, 2.75) is 6.42 Å². The van der Waals surface area contributed by atoms with E-state index in [1.54, 1.807) is 6.07 Å². The Morgan fingerprint density at radius 2 is 2.18 bits per heavy atom. The molecule has 0 atom stereocenters. The average Bonchev–Trinajstić information content (AvgIpc) is 2.34. The number of benzene rings is 1. The number of nitrogens with one attached hydrogen (secondary N) is 1. The van der Waals surface area contributed by atoms with E-state index in [0.29, 0.717) is 17.9 Å². The Morgan fingerprint density at radius 1 is 1.35 bits per heavy atom. The van der Waals surface area contributed by atoms with Gasteiger partial charge in [-0.1, -0.05) is 12.1 Å². The average molecular weight is 233 g/mol. The van der Waals surface area contributed by atoms with Crippen molar-refractivity contribution in [3.05, 3.63) is 40.8 Å². The highest BCUT2D eigenvalue weighted by molar-refractivity contribution is 5.82. The lowest BCUT2D eigenvalue weighted by atomic mass is 10.2. The van der Waals surface area contributed by atoms with Crippen LogP contribution in [0.15, 0.2) is 39.5 Å². The van der Waals surface area contributed by atoms with Gasteiger partial charge >= 0.3 is 5.63 Å². The van der Waals surface area contributed by atoms with Gasteiger partial charge in [0.2, 0.25) is 0 Å². The summed E-state index contributed by atoms with van der Waals surface area (Å²) >= 11 is 0. The van der Waals surface area contributed by atoms with Crippen LogP contribution < -0.4 is 15.7 Å². The van der Waals surface area contributed by atoms with E-state index in [1.807, 2.05) is 25.2 Å². The zero-order valence-electron chi connectivity index (χ0n) is 9.73. The second-order valence-electron chi connectivity index (χ2n) is 3.73. The lowest BCUT2D eigenvalue weighted by molar-refractivity contribution is 0.311. The first-order valence-corrected chi connectivity index (χ1v) is 5.61. The highest BCUT2D eigenvalue weighted by Crippen LogP contribution is 2.23.